The van der Waals surface area contributed by atoms with Crippen molar-refractivity contribution in [3.05, 3.63) is 11.1 Å². The Morgan fingerprint density at radius 3 is 2.67 bits per heavy atom. The van der Waals surface area contributed by atoms with Gasteiger partial charge in [0.05, 0.1) is 18.8 Å². The molecule has 2 N–H and O–H groups in total. The Morgan fingerprint density at radius 2 is 2.14 bits per heavy atom. The van der Waals surface area contributed by atoms with Crippen molar-refractivity contribution in [3.63, 3.8) is 0 Å². The van der Waals surface area contributed by atoms with Gasteiger partial charge in [-0.3, -0.25) is 10.1 Å². The van der Waals surface area contributed by atoms with Gasteiger partial charge in [0.1, 0.15) is 0 Å². The number of hydrogen-bond donors (Lipinski definition) is 2. The van der Waals surface area contributed by atoms with Crippen LogP contribution in [0, 0.1) is 5.92 Å². The van der Waals surface area contributed by atoms with Crippen molar-refractivity contribution in [3.8, 4) is 0 Å². The quantitative estimate of drug-likeness (QED) is 0.749. The second kappa shape index (κ2) is 7.00. The van der Waals surface area contributed by atoms with Crippen LogP contribution in [0.2, 0.25) is 0 Å². The summed E-state index contributed by atoms with van der Waals surface area (Å²) in [6.45, 7) is 5.87. The van der Waals surface area contributed by atoms with E-state index in [1.807, 2.05) is 5.38 Å². The lowest BCUT2D eigenvalue weighted by atomic mass is 9.97. The molecule has 0 spiro atoms. The van der Waals surface area contributed by atoms with Crippen molar-refractivity contribution in [2.75, 3.05) is 25.0 Å². The van der Waals surface area contributed by atoms with E-state index in [2.05, 4.69) is 24.1 Å². The fourth-order valence-corrected chi connectivity index (χ4v) is 3.33. The van der Waals surface area contributed by atoms with E-state index in [0.29, 0.717) is 43.5 Å². The number of anilines is 1. The van der Waals surface area contributed by atoms with Crippen LogP contribution >= 0.6 is 11.3 Å². The van der Waals surface area contributed by atoms with E-state index < -0.39 is 5.97 Å². The van der Waals surface area contributed by atoms with Crippen LogP contribution < -0.4 is 15.3 Å². The number of rotatable bonds is 5. The molecular formula is C14H21N3O3S. The minimum atomic E-state index is -0.970. The lowest BCUT2D eigenvalue weighted by Crippen LogP contribution is -3.14. The normalized spacial score (nSPS) is 22.2. The third-order valence-corrected chi connectivity index (χ3v) is 4.57. The maximum Gasteiger partial charge on any atom is 0.281 e. The number of carboxylic acid groups (broad SMARTS) is 1. The maximum absolute atomic E-state index is 12.0. The first kappa shape index (κ1) is 15.9. The average Bonchev–Trinajstić information content (AvgIpc) is 2.87. The maximum atomic E-state index is 12.0. The molecule has 0 unspecified atom stereocenters. The number of amides is 1. The molecule has 2 rings (SSSR count). The van der Waals surface area contributed by atoms with Gasteiger partial charge in [-0.05, 0) is 5.92 Å². The molecule has 116 valence electrons. The topological polar surface area (TPSA) is 86.6 Å². The Kier molecular flexibility index (Phi) is 5.30. The molecular weight excluding hydrogens is 290 g/mol. The van der Waals surface area contributed by atoms with Crippen molar-refractivity contribution in [2.24, 2.45) is 5.92 Å². The Balaban J connectivity index is 1.78. The number of hydrogen-bond acceptors (Lipinski definition) is 5. The average molecular weight is 311 g/mol. The number of nitrogens with zero attached hydrogens (tertiary/aromatic N) is 1. The number of aliphatic carboxylic acids is 1. The van der Waals surface area contributed by atoms with Gasteiger partial charge in [0.15, 0.2) is 11.7 Å². The summed E-state index contributed by atoms with van der Waals surface area (Å²) in [5.74, 6) is -1.05. The van der Waals surface area contributed by atoms with Gasteiger partial charge >= 0.3 is 0 Å². The molecule has 2 heterocycles. The molecule has 1 aliphatic rings. The number of carbonyl (C=O) groups excluding carboxylic acids is 2. The largest absolute Gasteiger partial charge is 0.550 e. The van der Waals surface area contributed by atoms with E-state index in [9.17, 15) is 14.7 Å². The van der Waals surface area contributed by atoms with E-state index in [1.54, 1.807) is 0 Å². The fourth-order valence-electron chi connectivity index (χ4n) is 2.44. The first-order valence-corrected chi connectivity index (χ1v) is 8.13. The van der Waals surface area contributed by atoms with E-state index in [0.717, 1.165) is 10.6 Å². The molecule has 7 heteroatoms. The molecule has 6 nitrogen and oxygen atoms in total. The van der Waals surface area contributed by atoms with Crippen LogP contribution in [0.25, 0.3) is 0 Å². The van der Waals surface area contributed by atoms with Crippen LogP contribution in [0.4, 0.5) is 5.13 Å². The van der Waals surface area contributed by atoms with Crippen LogP contribution in [0.3, 0.4) is 0 Å². The summed E-state index contributed by atoms with van der Waals surface area (Å²) in [5.41, 5.74) is 0.984. The number of piperidine rings is 1. The summed E-state index contributed by atoms with van der Waals surface area (Å²) in [4.78, 5) is 28.2. The highest BCUT2D eigenvalue weighted by molar-refractivity contribution is 7.13. The molecule has 0 bridgehead atoms. The van der Waals surface area contributed by atoms with Crippen molar-refractivity contribution in [2.45, 2.75) is 32.6 Å². The monoisotopic (exact) mass is 311 g/mol. The standard InChI is InChI=1S/C14H21N3O3S/c1-9(2)11-8-21-14(15-11)16-12(18)7-17-5-3-10(4-6-17)13(19)20/h8-10H,3-7H2,1-2H3,(H,19,20)(H,15,16,18). The van der Waals surface area contributed by atoms with Gasteiger partial charge in [0, 0.05) is 30.1 Å². The summed E-state index contributed by atoms with van der Waals surface area (Å²) < 4.78 is 0. The van der Waals surface area contributed by atoms with E-state index in [4.69, 9.17) is 0 Å². The zero-order valence-electron chi connectivity index (χ0n) is 12.3. The van der Waals surface area contributed by atoms with Gasteiger partial charge in [0.2, 0.25) is 0 Å². The van der Waals surface area contributed by atoms with Gasteiger partial charge in [-0.2, -0.15) is 0 Å². The zero-order chi connectivity index (χ0) is 15.4. The summed E-state index contributed by atoms with van der Waals surface area (Å²) in [7, 11) is 0. The number of thiazole rings is 1. The van der Waals surface area contributed by atoms with Crippen LogP contribution in [0.1, 0.15) is 38.3 Å². The Hall–Kier alpha value is -1.47. The third kappa shape index (κ3) is 4.50. The van der Waals surface area contributed by atoms with Gasteiger partial charge in [0.25, 0.3) is 5.91 Å². The van der Waals surface area contributed by atoms with Crippen molar-refractivity contribution in [1.29, 1.82) is 0 Å². The predicted molar refractivity (Wildman–Crippen MR) is 78.1 cm³/mol. The molecule has 21 heavy (non-hydrogen) atoms. The SMILES string of the molecule is CC(C)c1csc(NC(=O)C[NH+]2CCC(C(=O)[O-])CC2)n1. The molecule has 0 radical (unpaired) electrons. The van der Waals surface area contributed by atoms with Gasteiger partial charge in [-0.1, -0.05) is 13.8 Å². The lowest BCUT2D eigenvalue weighted by molar-refractivity contribution is -0.897. The molecule has 0 atom stereocenters. The van der Waals surface area contributed by atoms with Gasteiger partial charge in [-0.15, -0.1) is 11.3 Å². The van der Waals surface area contributed by atoms with Crippen LogP contribution in [-0.2, 0) is 9.59 Å². The number of nitrogens with one attached hydrogen (secondary N) is 2. The highest BCUT2D eigenvalue weighted by Crippen LogP contribution is 2.21. The first-order chi connectivity index (χ1) is 9.95. The molecule has 0 saturated carbocycles. The second-order valence-electron chi connectivity index (χ2n) is 5.80. The summed E-state index contributed by atoms with van der Waals surface area (Å²) in [6, 6.07) is 0. The summed E-state index contributed by atoms with van der Waals surface area (Å²) in [6.07, 6.45) is 1.17. The molecule has 1 aromatic heterocycles. The minimum absolute atomic E-state index is 0.0680. The molecule has 1 amide bonds. The van der Waals surface area contributed by atoms with Crippen molar-refractivity contribution in [1.82, 2.24) is 4.98 Å². The van der Waals surface area contributed by atoms with Crippen LogP contribution in [0.15, 0.2) is 5.38 Å². The third-order valence-electron chi connectivity index (χ3n) is 3.80. The second-order valence-corrected chi connectivity index (χ2v) is 6.66. The van der Waals surface area contributed by atoms with E-state index >= 15 is 0 Å². The Labute approximate surface area is 128 Å². The number of likely N-dealkylation sites (tertiary alicyclic amines) is 1. The van der Waals surface area contributed by atoms with Crippen molar-refractivity contribution >= 4 is 28.3 Å². The van der Waals surface area contributed by atoms with Crippen LogP contribution in [-0.4, -0.2) is 36.5 Å². The smallest absolute Gasteiger partial charge is 0.281 e. The fraction of sp³-hybridized carbons (Fsp3) is 0.643. The first-order valence-electron chi connectivity index (χ1n) is 7.25. The number of carboxylic acids is 1. The predicted octanol–water partition coefficient (Wildman–Crippen LogP) is -0.750. The van der Waals surface area contributed by atoms with Crippen molar-refractivity contribution < 1.29 is 19.6 Å². The number of carbonyl (C=O) groups is 2. The molecule has 1 aliphatic heterocycles. The van der Waals surface area contributed by atoms with Gasteiger partial charge in [-0.25, -0.2) is 4.98 Å². The highest BCUT2D eigenvalue weighted by Gasteiger charge is 2.24. The summed E-state index contributed by atoms with van der Waals surface area (Å²) >= 11 is 1.43. The Morgan fingerprint density at radius 1 is 1.48 bits per heavy atom. The zero-order valence-corrected chi connectivity index (χ0v) is 13.2. The molecule has 0 aromatic carbocycles. The number of quaternary nitrogens is 1. The highest BCUT2D eigenvalue weighted by atomic mass is 32.1. The Bertz CT molecular complexity index is 507. The molecule has 0 aliphatic carbocycles. The van der Waals surface area contributed by atoms with E-state index in [1.165, 1.54) is 11.3 Å². The molecule has 1 aromatic rings. The molecule has 1 fully saturated rings. The molecule has 1 saturated heterocycles. The summed E-state index contributed by atoms with van der Waals surface area (Å²) in [5, 5.41) is 16.2. The van der Waals surface area contributed by atoms with Gasteiger partial charge < -0.3 is 14.8 Å². The lowest BCUT2D eigenvalue weighted by Gasteiger charge is -2.29. The minimum Gasteiger partial charge on any atom is -0.550 e. The van der Waals surface area contributed by atoms with E-state index in [-0.39, 0.29) is 11.8 Å². The van der Waals surface area contributed by atoms with Crippen LogP contribution in [0.5, 0.6) is 0 Å². The number of aromatic nitrogens is 1.